The van der Waals surface area contributed by atoms with Gasteiger partial charge in [0, 0.05) is 66.8 Å². The van der Waals surface area contributed by atoms with E-state index in [1.165, 1.54) is 0 Å². The molecule has 0 radical (unpaired) electrons. The standard InChI is InChI=1S/C24H33Cl2N7O2/c1-24(2)28-16-32(17-29-24)10-11-35-23(34)33-8-6-31(7-9-33)15-18-4-3-5-27-22(18)30-21-13-19(25)12-20(26)14-21/h3-5,12-14,28-29H,6-11,15-17H2,1-2H3,(H,27,30). The predicted octanol–water partition coefficient (Wildman–Crippen LogP) is 3.53. The molecule has 3 N–H and O–H groups in total. The molecule has 11 heteroatoms. The van der Waals surface area contributed by atoms with Crippen molar-refractivity contribution in [2.45, 2.75) is 26.1 Å². The molecule has 190 valence electrons. The molecule has 0 atom stereocenters. The Bertz CT molecular complexity index is 985. The number of halogens is 2. The van der Waals surface area contributed by atoms with E-state index in [-0.39, 0.29) is 11.8 Å². The summed E-state index contributed by atoms with van der Waals surface area (Å²) in [6.07, 6.45) is 1.51. The largest absolute Gasteiger partial charge is 0.448 e. The van der Waals surface area contributed by atoms with Crippen molar-refractivity contribution in [3.63, 3.8) is 0 Å². The zero-order chi connectivity index (χ0) is 24.8. The number of piperazine rings is 1. The minimum absolute atomic E-state index is 0.0670. The van der Waals surface area contributed by atoms with E-state index in [1.807, 2.05) is 24.3 Å². The molecule has 35 heavy (non-hydrogen) atoms. The monoisotopic (exact) mass is 521 g/mol. The van der Waals surface area contributed by atoms with Crippen LogP contribution in [-0.4, -0.2) is 84.1 Å². The smallest absolute Gasteiger partial charge is 0.409 e. The number of nitrogens with one attached hydrogen (secondary N) is 3. The van der Waals surface area contributed by atoms with Gasteiger partial charge in [-0.25, -0.2) is 9.78 Å². The Kier molecular flexibility index (Phi) is 8.69. The number of benzene rings is 1. The summed E-state index contributed by atoms with van der Waals surface area (Å²) >= 11 is 12.3. The first kappa shape index (κ1) is 25.9. The highest BCUT2D eigenvalue weighted by Gasteiger charge is 2.25. The van der Waals surface area contributed by atoms with E-state index < -0.39 is 0 Å². The molecule has 0 aliphatic carbocycles. The molecule has 2 aliphatic heterocycles. The number of hydrogen-bond donors (Lipinski definition) is 3. The molecule has 0 spiro atoms. The number of carbonyl (C=O) groups excluding carboxylic acids is 1. The van der Waals surface area contributed by atoms with E-state index in [9.17, 15) is 4.79 Å². The van der Waals surface area contributed by atoms with Gasteiger partial charge in [0.15, 0.2) is 0 Å². The van der Waals surface area contributed by atoms with Gasteiger partial charge in [0.25, 0.3) is 0 Å². The summed E-state index contributed by atoms with van der Waals surface area (Å²) in [7, 11) is 0. The Morgan fingerprint density at radius 1 is 1.09 bits per heavy atom. The molecule has 4 rings (SSSR count). The molecular weight excluding hydrogens is 489 g/mol. The van der Waals surface area contributed by atoms with E-state index in [2.05, 4.69) is 44.6 Å². The molecule has 1 aromatic heterocycles. The van der Waals surface area contributed by atoms with Gasteiger partial charge in [-0.2, -0.15) is 0 Å². The summed E-state index contributed by atoms with van der Waals surface area (Å²) in [4.78, 5) is 23.3. The zero-order valence-corrected chi connectivity index (χ0v) is 21.7. The Hall–Kier alpha value is -2.14. The highest BCUT2D eigenvalue weighted by atomic mass is 35.5. The predicted molar refractivity (Wildman–Crippen MR) is 139 cm³/mol. The molecule has 2 aromatic rings. The van der Waals surface area contributed by atoms with Crippen molar-refractivity contribution in [2.75, 3.05) is 58.0 Å². The van der Waals surface area contributed by atoms with Crippen LogP contribution in [0.1, 0.15) is 19.4 Å². The van der Waals surface area contributed by atoms with Crippen LogP contribution in [0.2, 0.25) is 10.0 Å². The Balaban J connectivity index is 1.22. The zero-order valence-electron chi connectivity index (χ0n) is 20.2. The second-order valence-electron chi connectivity index (χ2n) is 9.36. The van der Waals surface area contributed by atoms with Gasteiger partial charge in [-0.1, -0.05) is 29.3 Å². The molecule has 2 saturated heterocycles. The van der Waals surface area contributed by atoms with E-state index in [0.29, 0.717) is 36.3 Å². The fourth-order valence-corrected chi connectivity index (χ4v) is 4.55. The van der Waals surface area contributed by atoms with Crippen LogP contribution >= 0.6 is 23.2 Å². The highest BCUT2D eigenvalue weighted by Crippen LogP contribution is 2.26. The van der Waals surface area contributed by atoms with Crippen LogP contribution in [0.5, 0.6) is 0 Å². The number of carbonyl (C=O) groups is 1. The maximum atomic E-state index is 12.5. The molecule has 0 saturated carbocycles. The molecule has 2 aliphatic rings. The third-order valence-corrected chi connectivity index (χ3v) is 6.60. The van der Waals surface area contributed by atoms with Crippen LogP contribution < -0.4 is 16.0 Å². The highest BCUT2D eigenvalue weighted by molar-refractivity contribution is 6.35. The summed E-state index contributed by atoms with van der Waals surface area (Å²) in [5, 5.41) is 11.2. The molecular formula is C24H33Cl2N7O2. The number of nitrogens with zero attached hydrogens (tertiary/aromatic N) is 4. The molecule has 0 bridgehead atoms. The Morgan fingerprint density at radius 3 is 2.46 bits per heavy atom. The molecule has 1 aromatic carbocycles. The van der Waals surface area contributed by atoms with Crippen LogP contribution in [0.4, 0.5) is 16.3 Å². The summed E-state index contributed by atoms with van der Waals surface area (Å²) < 4.78 is 5.52. The normalized spacial score (nSPS) is 18.9. The molecule has 9 nitrogen and oxygen atoms in total. The number of ether oxygens (including phenoxy) is 1. The van der Waals surface area contributed by atoms with Crippen molar-refractivity contribution in [1.82, 2.24) is 30.3 Å². The first-order valence-corrected chi connectivity index (χ1v) is 12.6. The van der Waals surface area contributed by atoms with Crippen LogP contribution in [0.25, 0.3) is 0 Å². The van der Waals surface area contributed by atoms with Crippen molar-refractivity contribution in [3.8, 4) is 0 Å². The molecule has 0 unspecified atom stereocenters. The van der Waals surface area contributed by atoms with Gasteiger partial charge in [0.2, 0.25) is 0 Å². The van der Waals surface area contributed by atoms with Gasteiger partial charge in [-0.3, -0.25) is 20.4 Å². The van der Waals surface area contributed by atoms with Crippen LogP contribution in [0.15, 0.2) is 36.5 Å². The van der Waals surface area contributed by atoms with Gasteiger partial charge in [0.1, 0.15) is 12.4 Å². The average molecular weight is 522 g/mol. The van der Waals surface area contributed by atoms with Gasteiger partial charge >= 0.3 is 6.09 Å². The lowest BCUT2D eigenvalue weighted by molar-refractivity contribution is 0.0529. The minimum Gasteiger partial charge on any atom is -0.448 e. The maximum Gasteiger partial charge on any atom is 0.409 e. The van der Waals surface area contributed by atoms with E-state index in [4.69, 9.17) is 27.9 Å². The van der Waals surface area contributed by atoms with Crippen LogP contribution in [0, 0.1) is 0 Å². The molecule has 2 fully saturated rings. The second kappa shape index (κ2) is 11.7. The summed E-state index contributed by atoms with van der Waals surface area (Å²) in [6, 6.07) is 9.30. The fraction of sp³-hybridized carbons (Fsp3) is 0.500. The van der Waals surface area contributed by atoms with Crippen molar-refractivity contribution < 1.29 is 9.53 Å². The summed E-state index contributed by atoms with van der Waals surface area (Å²) in [6.45, 7) is 10.3. The van der Waals surface area contributed by atoms with Gasteiger partial charge < -0.3 is 15.0 Å². The number of aromatic nitrogens is 1. The lowest BCUT2D eigenvalue weighted by atomic mass is 10.2. The van der Waals surface area contributed by atoms with Crippen molar-refractivity contribution in [1.29, 1.82) is 0 Å². The van der Waals surface area contributed by atoms with Gasteiger partial charge in [0.05, 0.1) is 19.0 Å². The lowest BCUT2D eigenvalue weighted by Crippen LogP contribution is -2.64. The first-order valence-electron chi connectivity index (χ1n) is 11.8. The number of hydrogen-bond acceptors (Lipinski definition) is 8. The second-order valence-corrected chi connectivity index (χ2v) is 10.2. The number of rotatable bonds is 7. The van der Waals surface area contributed by atoms with Crippen LogP contribution in [-0.2, 0) is 11.3 Å². The Morgan fingerprint density at radius 2 is 1.77 bits per heavy atom. The summed E-state index contributed by atoms with van der Waals surface area (Å²) in [5.74, 6) is 0.762. The Labute approximate surface area is 216 Å². The quantitative estimate of drug-likeness (QED) is 0.510. The average Bonchev–Trinajstić information content (AvgIpc) is 2.81. The number of pyridine rings is 1. The van der Waals surface area contributed by atoms with E-state index >= 15 is 0 Å². The summed E-state index contributed by atoms with van der Waals surface area (Å²) in [5.41, 5.74) is 1.78. The first-order chi connectivity index (χ1) is 16.8. The fourth-order valence-electron chi connectivity index (χ4n) is 4.02. The van der Waals surface area contributed by atoms with Gasteiger partial charge in [-0.05, 0) is 38.1 Å². The molecule has 1 amide bonds. The minimum atomic E-state index is -0.246. The van der Waals surface area contributed by atoms with Crippen molar-refractivity contribution in [3.05, 3.63) is 52.1 Å². The van der Waals surface area contributed by atoms with Crippen molar-refractivity contribution >= 4 is 40.8 Å². The van der Waals surface area contributed by atoms with Gasteiger partial charge in [-0.15, -0.1) is 0 Å². The number of anilines is 2. The van der Waals surface area contributed by atoms with Crippen LogP contribution in [0.3, 0.4) is 0 Å². The third kappa shape index (κ3) is 7.67. The maximum absolute atomic E-state index is 12.5. The van der Waals surface area contributed by atoms with Crippen molar-refractivity contribution in [2.24, 2.45) is 0 Å². The van der Waals surface area contributed by atoms with E-state index in [1.54, 1.807) is 17.2 Å². The topological polar surface area (TPSA) is 85.0 Å². The van der Waals surface area contributed by atoms with E-state index in [0.717, 1.165) is 50.0 Å². The number of amides is 1. The molecule has 3 heterocycles. The lowest BCUT2D eigenvalue weighted by Gasteiger charge is -2.39. The third-order valence-electron chi connectivity index (χ3n) is 6.16. The SMILES string of the molecule is CC1(C)NCN(CCOC(=O)N2CCN(Cc3cccnc3Nc3cc(Cl)cc(Cl)c3)CC2)CN1.